The summed E-state index contributed by atoms with van der Waals surface area (Å²) in [6.07, 6.45) is 4.06. The zero-order valence-electron chi connectivity index (χ0n) is 21.5. The van der Waals surface area contributed by atoms with Gasteiger partial charge < -0.3 is 23.8 Å². The van der Waals surface area contributed by atoms with Gasteiger partial charge in [-0.15, -0.1) is 11.3 Å². The molecular formula is C29H33N3O4S. The summed E-state index contributed by atoms with van der Waals surface area (Å²) in [6.45, 7) is 5.53. The van der Waals surface area contributed by atoms with Crippen molar-refractivity contribution >= 4 is 23.2 Å². The maximum Gasteiger partial charge on any atom is 0.270 e. The average molecular weight is 520 g/mol. The van der Waals surface area contributed by atoms with E-state index in [9.17, 15) is 9.59 Å². The number of rotatable bonds is 6. The molecule has 1 saturated heterocycles. The van der Waals surface area contributed by atoms with Gasteiger partial charge in [0.25, 0.3) is 5.91 Å². The number of thiophene rings is 1. The fourth-order valence-electron chi connectivity index (χ4n) is 5.49. The van der Waals surface area contributed by atoms with Crippen molar-refractivity contribution in [1.29, 1.82) is 0 Å². The van der Waals surface area contributed by atoms with E-state index in [4.69, 9.17) is 9.47 Å². The molecule has 1 saturated carbocycles. The number of aryl methyl sites for hydroxylation is 1. The van der Waals surface area contributed by atoms with Crippen LogP contribution in [0.3, 0.4) is 0 Å². The van der Waals surface area contributed by atoms with E-state index in [1.165, 1.54) is 18.4 Å². The van der Waals surface area contributed by atoms with E-state index < -0.39 is 0 Å². The van der Waals surface area contributed by atoms with Gasteiger partial charge in [0.15, 0.2) is 11.5 Å². The summed E-state index contributed by atoms with van der Waals surface area (Å²) in [5.41, 5.74) is 5.20. The molecule has 2 fully saturated rings. The zero-order chi connectivity index (χ0) is 25.5. The van der Waals surface area contributed by atoms with E-state index in [1.54, 1.807) is 25.4 Å². The number of amides is 2. The molecule has 4 heterocycles. The predicted octanol–water partition coefficient (Wildman–Crippen LogP) is 4.93. The quantitative estimate of drug-likeness (QED) is 0.463. The van der Waals surface area contributed by atoms with Crippen LogP contribution in [0.4, 0.5) is 0 Å². The molecule has 3 aromatic rings. The van der Waals surface area contributed by atoms with E-state index in [1.807, 2.05) is 9.80 Å². The van der Waals surface area contributed by atoms with Gasteiger partial charge in [-0.1, -0.05) is 6.07 Å². The van der Waals surface area contributed by atoms with E-state index in [0.717, 1.165) is 58.3 Å². The number of methoxy groups -OCH3 is 1. The van der Waals surface area contributed by atoms with Crippen molar-refractivity contribution in [3.63, 3.8) is 0 Å². The Kier molecular flexibility index (Phi) is 6.44. The topological polar surface area (TPSA) is 64.0 Å². The largest absolute Gasteiger partial charge is 0.493 e. The Labute approximate surface area is 221 Å². The molecule has 6 rings (SSSR count). The molecule has 1 aromatic carbocycles. The third kappa shape index (κ3) is 4.63. The first kappa shape index (κ1) is 24.1. The van der Waals surface area contributed by atoms with Crippen LogP contribution in [0.1, 0.15) is 42.2 Å². The van der Waals surface area contributed by atoms with Crippen LogP contribution >= 0.6 is 11.3 Å². The summed E-state index contributed by atoms with van der Waals surface area (Å²) in [5, 5.41) is 2.08. The van der Waals surface area contributed by atoms with Gasteiger partial charge in [0.2, 0.25) is 5.91 Å². The second kappa shape index (κ2) is 9.89. The van der Waals surface area contributed by atoms with E-state index in [2.05, 4.69) is 40.3 Å². The maximum atomic E-state index is 13.9. The van der Waals surface area contributed by atoms with Crippen molar-refractivity contribution in [3.8, 4) is 33.2 Å². The minimum Gasteiger partial charge on any atom is -0.493 e. The highest BCUT2D eigenvalue weighted by Gasteiger charge is 2.31. The van der Waals surface area contributed by atoms with Crippen molar-refractivity contribution in [2.45, 2.75) is 39.2 Å². The lowest BCUT2D eigenvalue weighted by atomic mass is 9.95. The maximum absolute atomic E-state index is 13.9. The van der Waals surface area contributed by atoms with Gasteiger partial charge in [-0.05, 0) is 66.8 Å². The standard InChI is InChI=1S/C29H33N3O4S/c1-19(33)30-9-4-10-31(13-12-30)29(34)24-16-23(27-5-3-14-37-27)28-22-17-26(36-18-20-6-7-20)25(35-2)15-21(22)8-11-32(24)28/h3,5,14-17,20H,4,6-13,18H2,1-2H3. The first-order chi connectivity index (χ1) is 18.0. The Morgan fingerprint density at radius 1 is 1.00 bits per heavy atom. The molecule has 2 amide bonds. The average Bonchev–Trinajstić information content (AvgIpc) is 3.51. The van der Waals surface area contributed by atoms with Gasteiger partial charge in [-0.2, -0.15) is 0 Å². The Morgan fingerprint density at radius 3 is 2.54 bits per heavy atom. The molecule has 2 aromatic heterocycles. The van der Waals surface area contributed by atoms with E-state index >= 15 is 0 Å². The molecule has 1 aliphatic carbocycles. The molecule has 8 heteroatoms. The minimum atomic E-state index is 0.0385. The fraction of sp³-hybridized carbons (Fsp3) is 0.448. The molecule has 194 valence electrons. The summed E-state index contributed by atoms with van der Waals surface area (Å²) in [7, 11) is 1.69. The number of carbonyl (C=O) groups is 2. The minimum absolute atomic E-state index is 0.0385. The summed E-state index contributed by atoms with van der Waals surface area (Å²) < 4.78 is 14.1. The number of benzene rings is 1. The predicted molar refractivity (Wildman–Crippen MR) is 144 cm³/mol. The SMILES string of the molecule is COc1cc2c(cc1OCC1CC1)-c1c(-c3cccs3)cc(C(=O)N3CCCN(C(C)=O)CC3)n1CC2. The summed E-state index contributed by atoms with van der Waals surface area (Å²) >= 11 is 1.69. The molecule has 0 N–H and O–H groups in total. The number of carbonyl (C=O) groups excluding carboxylic acids is 2. The van der Waals surface area contributed by atoms with Crippen LogP contribution < -0.4 is 9.47 Å². The van der Waals surface area contributed by atoms with Crippen LogP contribution in [0, 0.1) is 5.92 Å². The van der Waals surface area contributed by atoms with Crippen LogP contribution in [-0.2, 0) is 17.8 Å². The molecule has 0 unspecified atom stereocenters. The monoisotopic (exact) mass is 519 g/mol. The Hall–Kier alpha value is -3.26. The molecule has 0 spiro atoms. The second-order valence-corrected chi connectivity index (χ2v) is 11.2. The second-order valence-electron chi connectivity index (χ2n) is 10.2. The fourth-order valence-corrected chi connectivity index (χ4v) is 6.24. The van der Waals surface area contributed by atoms with Crippen molar-refractivity contribution < 1.29 is 19.1 Å². The summed E-state index contributed by atoms with van der Waals surface area (Å²) in [5.74, 6) is 2.29. The summed E-state index contributed by atoms with van der Waals surface area (Å²) in [6, 6.07) is 10.5. The number of hydrogen-bond donors (Lipinski definition) is 0. The van der Waals surface area contributed by atoms with Crippen molar-refractivity contribution in [2.24, 2.45) is 5.92 Å². The normalized spacial score (nSPS) is 17.1. The summed E-state index contributed by atoms with van der Waals surface area (Å²) in [4.78, 5) is 30.7. The van der Waals surface area contributed by atoms with E-state index in [-0.39, 0.29) is 11.8 Å². The molecule has 0 atom stereocenters. The van der Waals surface area contributed by atoms with Crippen molar-refractivity contribution in [2.75, 3.05) is 39.9 Å². The lowest BCUT2D eigenvalue weighted by Crippen LogP contribution is -2.37. The van der Waals surface area contributed by atoms with Crippen molar-refractivity contribution in [3.05, 3.63) is 47.0 Å². The Balaban J connectivity index is 1.41. The Morgan fingerprint density at radius 2 is 1.81 bits per heavy atom. The molecule has 37 heavy (non-hydrogen) atoms. The highest BCUT2D eigenvalue weighted by atomic mass is 32.1. The molecule has 0 radical (unpaired) electrons. The van der Waals surface area contributed by atoms with Gasteiger partial charge in [-0.3, -0.25) is 9.59 Å². The van der Waals surface area contributed by atoms with Gasteiger partial charge >= 0.3 is 0 Å². The highest BCUT2D eigenvalue weighted by molar-refractivity contribution is 7.13. The van der Waals surface area contributed by atoms with E-state index in [0.29, 0.717) is 38.7 Å². The lowest BCUT2D eigenvalue weighted by Gasteiger charge is -2.26. The van der Waals surface area contributed by atoms with Crippen LogP contribution in [0.25, 0.3) is 21.7 Å². The molecule has 2 aliphatic heterocycles. The number of fused-ring (bicyclic) bond motifs is 3. The van der Waals surface area contributed by atoms with Gasteiger partial charge in [-0.25, -0.2) is 0 Å². The van der Waals surface area contributed by atoms with Crippen molar-refractivity contribution in [1.82, 2.24) is 14.4 Å². The van der Waals surface area contributed by atoms with Crippen LogP contribution in [0.15, 0.2) is 35.7 Å². The number of hydrogen-bond acceptors (Lipinski definition) is 5. The van der Waals surface area contributed by atoms with Gasteiger partial charge in [0, 0.05) is 55.7 Å². The first-order valence-corrected chi connectivity index (χ1v) is 14.1. The number of ether oxygens (including phenoxy) is 2. The molecule has 0 bridgehead atoms. The lowest BCUT2D eigenvalue weighted by molar-refractivity contribution is -0.128. The smallest absolute Gasteiger partial charge is 0.270 e. The third-order valence-corrected chi connectivity index (χ3v) is 8.66. The zero-order valence-corrected chi connectivity index (χ0v) is 22.3. The van der Waals surface area contributed by atoms with Crippen LogP contribution in [-0.4, -0.2) is 66.1 Å². The first-order valence-electron chi connectivity index (χ1n) is 13.2. The molecule has 3 aliphatic rings. The van der Waals surface area contributed by atoms with Gasteiger partial charge in [0.05, 0.1) is 19.4 Å². The Bertz CT molecular complexity index is 1330. The van der Waals surface area contributed by atoms with Crippen LogP contribution in [0.5, 0.6) is 11.5 Å². The number of aromatic nitrogens is 1. The third-order valence-electron chi connectivity index (χ3n) is 7.75. The highest BCUT2D eigenvalue weighted by Crippen LogP contribution is 2.45. The molecule has 7 nitrogen and oxygen atoms in total. The van der Waals surface area contributed by atoms with Gasteiger partial charge in [0.1, 0.15) is 5.69 Å². The number of nitrogens with zero attached hydrogens (tertiary/aromatic N) is 3. The molecular weight excluding hydrogens is 486 g/mol. The van der Waals surface area contributed by atoms with Crippen LogP contribution in [0.2, 0.25) is 0 Å².